The van der Waals surface area contributed by atoms with Crippen molar-refractivity contribution in [3.8, 4) is 0 Å². The van der Waals surface area contributed by atoms with E-state index in [1.165, 1.54) is 24.3 Å². The third-order valence-corrected chi connectivity index (χ3v) is 10.1. The molecule has 1 N–H and O–H groups in total. The molecule has 2 aromatic rings. The zero-order valence-electron chi connectivity index (χ0n) is 31.4. The van der Waals surface area contributed by atoms with Crippen molar-refractivity contribution in [1.29, 1.82) is 0 Å². The second kappa shape index (κ2) is 20.0. The molecule has 4 saturated heterocycles. The molecule has 4 heterocycles. The van der Waals surface area contributed by atoms with Crippen LogP contribution >= 0.6 is 23.2 Å². The Morgan fingerprint density at radius 3 is 1.58 bits per heavy atom. The van der Waals surface area contributed by atoms with Crippen molar-refractivity contribution < 1.29 is 37.3 Å². The number of piperidine rings is 2. The number of rotatable bonds is 6. The molecule has 292 valence electrons. The third-order valence-electron chi connectivity index (χ3n) is 10.1. The molecule has 4 fully saturated rings. The number of nitrogens with one attached hydrogen (secondary N) is 1. The first kappa shape index (κ1) is 42.7. The number of amides is 1. The fourth-order valence-corrected chi connectivity index (χ4v) is 7.71. The Bertz CT molecular complexity index is 1350. The molecular formula is C40H58Cl2F2N2O6. The van der Waals surface area contributed by atoms with Gasteiger partial charge in [-0.2, -0.15) is 0 Å². The summed E-state index contributed by atoms with van der Waals surface area (Å²) in [5, 5.41) is 3.59. The minimum absolute atomic E-state index is 0.00833. The smallest absolute Gasteiger partial charge is 0.410 e. The Labute approximate surface area is 319 Å². The Morgan fingerprint density at radius 2 is 1.19 bits per heavy atom. The Morgan fingerprint density at radius 1 is 0.788 bits per heavy atom. The fraction of sp³-hybridized carbons (Fsp3) is 0.675. The highest BCUT2D eigenvalue weighted by molar-refractivity contribution is 6.40. The fourth-order valence-electron chi connectivity index (χ4n) is 7.71. The number of benzene rings is 2. The van der Waals surface area contributed by atoms with E-state index in [-0.39, 0.29) is 58.7 Å². The van der Waals surface area contributed by atoms with E-state index in [9.17, 15) is 13.6 Å². The standard InChI is InChI=1S/C22H32FNO4.C17H24FNO2.CH2Cl2/c1-5-26-18-14-19(16-6-8-17(23)9-7-16)27-22(15-18)10-12-24(13-11-22)20(25)28-21(2,3)4;1-2-20-15-11-16(13-3-5-14(18)6-4-13)21-17(12-15)7-9-19-10-8-17;2-1-3/h6-9,18-19H,5,10-15H2,1-4H3;3-6,15-16,19H,2,7-12H2,1H3;1H2. The van der Waals surface area contributed by atoms with Gasteiger partial charge in [-0.3, -0.25) is 0 Å². The molecule has 0 aliphatic carbocycles. The lowest BCUT2D eigenvalue weighted by Gasteiger charge is -2.48. The maximum atomic E-state index is 13.3. The lowest BCUT2D eigenvalue weighted by molar-refractivity contribution is -0.191. The van der Waals surface area contributed by atoms with Crippen molar-refractivity contribution in [2.24, 2.45) is 0 Å². The summed E-state index contributed by atoms with van der Waals surface area (Å²) in [6, 6.07) is 13.2. The zero-order chi connectivity index (χ0) is 37.8. The second-order valence-electron chi connectivity index (χ2n) is 15.0. The summed E-state index contributed by atoms with van der Waals surface area (Å²) in [6.45, 7) is 14.2. The van der Waals surface area contributed by atoms with Crippen LogP contribution in [0.15, 0.2) is 48.5 Å². The summed E-state index contributed by atoms with van der Waals surface area (Å²) >= 11 is 9.53. The zero-order valence-corrected chi connectivity index (χ0v) is 33.0. The molecule has 4 aliphatic heterocycles. The number of carbonyl (C=O) groups excluding carboxylic acids is 1. The molecule has 0 bridgehead atoms. The van der Waals surface area contributed by atoms with Gasteiger partial charge in [0, 0.05) is 52.0 Å². The van der Waals surface area contributed by atoms with Crippen LogP contribution in [-0.4, -0.2) is 84.7 Å². The number of ether oxygens (including phenoxy) is 5. The lowest BCUT2D eigenvalue weighted by Crippen LogP contribution is -2.53. The van der Waals surface area contributed by atoms with Crippen LogP contribution in [0.2, 0.25) is 0 Å². The van der Waals surface area contributed by atoms with Crippen LogP contribution < -0.4 is 5.32 Å². The van der Waals surface area contributed by atoms with Crippen LogP contribution in [0.3, 0.4) is 0 Å². The first-order valence-corrected chi connectivity index (χ1v) is 19.8. The van der Waals surface area contributed by atoms with Crippen molar-refractivity contribution in [3.63, 3.8) is 0 Å². The van der Waals surface area contributed by atoms with Crippen LogP contribution in [-0.2, 0) is 23.7 Å². The van der Waals surface area contributed by atoms with E-state index in [4.69, 9.17) is 46.9 Å². The first-order chi connectivity index (χ1) is 24.8. The molecule has 6 rings (SSSR count). The van der Waals surface area contributed by atoms with Crippen molar-refractivity contribution in [2.45, 2.75) is 127 Å². The van der Waals surface area contributed by atoms with Crippen molar-refractivity contribution in [1.82, 2.24) is 10.2 Å². The molecule has 52 heavy (non-hydrogen) atoms. The SMILES string of the molecule is CCOC1CC(c2ccc(F)cc2)OC2(CCN(C(=O)OC(C)(C)C)CC2)C1.CCOC1CC(c2ccc(F)cc2)OC2(CCNCC2)C1.ClCCl. The van der Waals surface area contributed by atoms with Crippen LogP contribution in [0.4, 0.5) is 13.6 Å². The van der Waals surface area contributed by atoms with Gasteiger partial charge >= 0.3 is 6.09 Å². The van der Waals surface area contributed by atoms with Gasteiger partial charge in [-0.15, -0.1) is 23.2 Å². The molecule has 0 saturated carbocycles. The topological polar surface area (TPSA) is 78.5 Å². The quantitative estimate of drug-likeness (QED) is 0.293. The Kier molecular flexibility index (Phi) is 16.4. The molecular weight excluding hydrogens is 713 g/mol. The molecule has 8 nitrogen and oxygen atoms in total. The maximum Gasteiger partial charge on any atom is 0.410 e. The van der Waals surface area contributed by atoms with Crippen LogP contribution in [0.25, 0.3) is 0 Å². The first-order valence-electron chi connectivity index (χ1n) is 18.7. The molecule has 0 aromatic heterocycles. The highest BCUT2D eigenvalue weighted by Crippen LogP contribution is 2.45. The van der Waals surface area contributed by atoms with Crippen molar-refractivity contribution in [2.75, 3.05) is 44.7 Å². The van der Waals surface area contributed by atoms with Crippen molar-refractivity contribution >= 4 is 29.3 Å². The molecule has 1 amide bonds. The lowest BCUT2D eigenvalue weighted by atomic mass is 9.81. The molecule has 0 radical (unpaired) electrons. The number of halogens is 4. The second-order valence-corrected chi connectivity index (χ2v) is 15.8. The number of alkyl halides is 2. The Hall–Kier alpha value is -2.05. The number of hydrogen-bond acceptors (Lipinski definition) is 7. The average molecular weight is 772 g/mol. The maximum absolute atomic E-state index is 13.3. The minimum Gasteiger partial charge on any atom is -0.444 e. The molecule has 4 atom stereocenters. The number of hydrogen-bond donors (Lipinski definition) is 1. The summed E-state index contributed by atoms with van der Waals surface area (Å²) in [4.78, 5) is 14.1. The van der Waals surface area contributed by atoms with Gasteiger partial charge in [-0.25, -0.2) is 13.6 Å². The van der Waals surface area contributed by atoms with Crippen molar-refractivity contribution in [3.05, 3.63) is 71.3 Å². The summed E-state index contributed by atoms with van der Waals surface area (Å²) in [7, 11) is 0. The number of likely N-dealkylation sites (tertiary alicyclic amines) is 1. The normalized spacial score (nSPS) is 25.4. The van der Waals surface area contributed by atoms with Crippen LogP contribution in [0.5, 0.6) is 0 Å². The van der Waals surface area contributed by atoms with E-state index in [2.05, 4.69) is 5.32 Å². The predicted molar refractivity (Wildman–Crippen MR) is 201 cm³/mol. The van der Waals surface area contributed by atoms with Gasteiger partial charge in [0.25, 0.3) is 0 Å². The van der Waals surface area contributed by atoms with E-state index < -0.39 is 5.60 Å². The average Bonchev–Trinajstić information content (AvgIpc) is 3.09. The molecule has 12 heteroatoms. The molecule has 4 unspecified atom stereocenters. The van der Waals surface area contributed by atoms with Gasteiger partial charge in [0.1, 0.15) is 17.2 Å². The molecule has 2 spiro atoms. The van der Waals surface area contributed by atoms with Crippen LogP contribution in [0.1, 0.15) is 109 Å². The number of nitrogens with zero attached hydrogens (tertiary/aromatic N) is 1. The van der Waals surface area contributed by atoms with E-state index in [0.29, 0.717) is 19.7 Å². The highest BCUT2D eigenvalue weighted by Gasteiger charge is 2.46. The minimum atomic E-state index is -0.499. The summed E-state index contributed by atoms with van der Waals surface area (Å²) < 4.78 is 56.9. The van der Waals surface area contributed by atoms with E-state index in [1.54, 1.807) is 17.0 Å². The monoisotopic (exact) mass is 770 g/mol. The van der Waals surface area contributed by atoms with E-state index in [0.717, 1.165) is 82.2 Å². The van der Waals surface area contributed by atoms with Gasteiger partial charge in [0.05, 0.1) is 41.0 Å². The largest absolute Gasteiger partial charge is 0.444 e. The van der Waals surface area contributed by atoms with Gasteiger partial charge in [0.15, 0.2) is 0 Å². The molecule has 4 aliphatic rings. The predicted octanol–water partition coefficient (Wildman–Crippen LogP) is 9.48. The van der Waals surface area contributed by atoms with Gasteiger partial charge in [0.2, 0.25) is 0 Å². The van der Waals surface area contributed by atoms with Crippen LogP contribution in [0, 0.1) is 11.6 Å². The summed E-state index contributed by atoms with van der Waals surface area (Å²) in [5.41, 5.74) is 1.12. The molecule has 2 aromatic carbocycles. The van der Waals surface area contributed by atoms with E-state index >= 15 is 0 Å². The van der Waals surface area contributed by atoms with E-state index in [1.807, 2.05) is 46.8 Å². The summed E-state index contributed by atoms with van der Waals surface area (Å²) in [6.07, 6.45) is 6.89. The highest BCUT2D eigenvalue weighted by atomic mass is 35.5. The third kappa shape index (κ3) is 12.8. The van der Waals surface area contributed by atoms with Gasteiger partial charge in [-0.05, 0) is 109 Å². The van der Waals surface area contributed by atoms with Gasteiger partial charge in [-0.1, -0.05) is 24.3 Å². The van der Waals surface area contributed by atoms with Gasteiger partial charge < -0.3 is 33.9 Å². The number of carbonyl (C=O) groups is 1. The Balaban J connectivity index is 0.000000224. The summed E-state index contributed by atoms with van der Waals surface area (Å²) in [5.74, 6) is -0.450.